The van der Waals surface area contributed by atoms with Crippen LogP contribution in [0.1, 0.15) is 43.6 Å². The summed E-state index contributed by atoms with van der Waals surface area (Å²) in [5.74, 6) is -0.384. The van der Waals surface area contributed by atoms with Crippen LogP contribution in [-0.2, 0) is 16.4 Å². The van der Waals surface area contributed by atoms with Crippen molar-refractivity contribution in [1.82, 2.24) is 9.78 Å². The average Bonchev–Trinajstić information content (AvgIpc) is 3.02. The van der Waals surface area contributed by atoms with E-state index >= 15 is 0 Å². The number of nitrogens with zero attached hydrogens (tertiary/aromatic N) is 2. The molecule has 1 fully saturated rings. The zero-order valence-electron chi connectivity index (χ0n) is 15.9. The number of aryl methyl sites for hydroxylation is 1. The number of carbonyl (C=O) groups is 1. The first-order valence-corrected chi connectivity index (χ1v) is 8.47. The van der Waals surface area contributed by atoms with Gasteiger partial charge in [-0.1, -0.05) is 0 Å². The average molecular weight is 359 g/mol. The number of aromatic nitrogens is 2. The number of hydrogen-bond donors (Lipinski definition) is 1. The molecule has 1 saturated heterocycles. The Morgan fingerprint density at radius 1 is 1.23 bits per heavy atom. The van der Waals surface area contributed by atoms with Crippen molar-refractivity contribution in [2.75, 3.05) is 5.32 Å². The summed E-state index contributed by atoms with van der Waals surface area (Å²) >= 11 is 0. The number of hydrogen-bond acceptors (Lipinski definition) is 4. The van der Waals surface area contributed by atoms with Crippen LogP contribution in [0.15, 0.2) is 24.4 Å². The van der Waals surface area contributed by atoms with Crippen molar-refractivity contribution >= 4 is 24.3 Å². The van der Waals surface area contributed by atoms with Crippen molar-refractivity contribution < 1.29 is 18.5 Å². The second-order valence-corrected chi connectivity index (χ2v) is 7.55. The van der Waals surface area contributed by atoms with Gasteiger partial charge >= 0.3 is 7.12 Å². The van der Waals surface area contributed by atoms with Crippen LogP contribution < -0.4 is 10.8 Å². The molecule has 0 radical (unpaired) electrons. The van der Waals surface area contributed by atoms with Gasteiger partial charge in [0.1, 0.15) is 11.6 Å². The van der Waals surface area contributed by atoms with Crippen LogP contribution in [0, 0.1) is 12.7 Å². The molecule has 2 heterocycles. The number of amides is 1. The van der Waals surface area contributed by atoms with Crippen LogP contribution in [0.2, 0.25) is 0 Å². The summed E-state index contributed by atoms with van der Waals surface area (Å²) < 4.78 is 28.0. The second kappa shape index (κ2) is 6.21. The monoisotopic (exact) mass is 359 g/mol. The first-order chi connectivity index (χ1) is 12.0. The van der Waals surface area contributed by atoms with Gasteiger partial charge in [-0.15, -0.1) is 0 Å². The maximum absolute atomic E-state index is 14.5. The minimum absolute atomic E-state index is 0.194. The largest absolute Gasteiger partial charge is 0.495 e. The summed E-state index contributed by atoms with van der Waals surface area (Å²) in [4.78, 5) is 12.5. The highest BCUT2D eigenvalue weighted by Gasteiger charge is 2.52. The van der Waals surface area contributed by atoms with Crippen LogP contribution in [0.4, 0.5) is 10.2 Å². The Bertz CT molecular complexity index is 847. The molecule has 1 aromatic heterocycles. The Kier molecular flexibility index (Phi) is 4.44. The van der Waals surface area contributed by atoms with Gasteiger partial charge in [-0.05, 0) is 57.8 Å². The summed E-state index contributed by atoms with van der Waals surface area (Å²) in [5.41, 5.74) is 0.0135. The van der Waals surface area contributed by atoms with E-state index in [1.165, 1.54) is 10.7 Å². The Balaban J connectivity index is 1.93. The van der Waals surface area contributed by atoms with Crippen molar-refractivity contribution in [2.45, 2.75) is 45.8 Å². The normalized spacial score (nSPS) is 18.2. The summed E-state index contributed by atoms with van der Waals surface area (Å²) in [7, 11) is 0.972. The van der Waals surface area contributed by atoms with Gasteiger partial charge < -0.3 is 14.6 Å². The molecule has 6 nitrogen and oxygen atoms in total. The van der Waals surface area contributed by atoms with Crippen LogP contribution >= 0.6 is 0 Å². The molecule has 1 aliphatic rings. The van der Waals surface area contributed by atoms with Crippen molar-refractivity contribution in [3.8, 4) is 0 Å². The Labute approximate surface area is 152 Å². The van der Waals surface area contributed by atoms with E-state index < -0.39 is 30.0 Å². The van der Waals surface area contributed by atoms with Gasteiger partial charge in [0, 0.05) is 18.7 Å². The van der Waals surface area contributed by atoms with E-state index in [0.29, 0.717) is 16.8 Å². The quantitative estimate of drug-likeness (QED) is 0.855. The van der Waals surface area contributed by atoms with Gasteiger partial charge in [-0.25, -0.2) is 4.39 Å². The summed E-state index contributed by atoms with van der Waals surface area (Å²) in [6.07, 6.45) is 1.57. The van der Waals surface area contributed by atoms with Crippen LogP contribution in [-0.4, -0.2) is 34.0 Å². The second-order valence-electron chi connectivity index (χ2n) is 7.55. The standard InChI is InChI=1S/C18H23BFN3O3/c1-11-13(19-25-17(2,3)18(4,5)26-19)9-12(10-14(11)20)16(24)22-15-7-8-21-23(15)6/h7-10H,1-6H3,(H,22,24). The van der Waals surface area contributed by atoms with E-state index in [2.05, 4.69) is 10.4 Å². The molecule has 3 rings (SSSR count). The van der Waals surface area contributed by atoms with Gasteiger partial charge in [0.2, 0.25) is 0 Å². The first-order valence-electron chi connectivity index (χ1n) is 8.47. The number of benzene rings is 1. The van der Waals surface area contributed by atoms with Crippen LogP contribution in [0.25, 0.3) is 0 Å². The van der Waals surface area contributed by atoms with E-state index in [4.69, 9.17) is 9.31 Å². The SMILES string of the molecule is Cc1c(F)cc(C(=O)Nc2ccnn2C)cc1B1OC(C)(C)C(C)(C)O1. The lowest BCUT2D eigenvalue weighted by Crippen LogP contribution is -2.41. The third-order valence-corrected chi connectivity index (χ3v) is 5.22. The predicted octanol–water partition coefficient (Wildman–Crippen LogP) is 2.42. The minimum atomic E-state index is -0.737. The molecule has 1 aromatic carbocycles. The molecule has 2 aromatic rings. The molecule has 26 heavy (non-hydrogen) atoms. The lowest BCUT2D eigenvalue weighted by atomic mass is 9.75. The van der Waals surface area contributed by atoms with Crippen molar-refractivity contribution in [1.29, 1.82) is 0 Å². The highest BCUT2D eigenvalue weighted by molar-refractivity contribution is 6.62. The van der Waals surface area contributed by atoms with Crippen LogP contribution in [0.5, 0.6) is 0 Å². The summed E-state index contributed by atoms with van der Waals surface area (Å²) in [6.45, 7) is 9.36. The van der Waals surface area contributed by atoms with Crippen molar-refractivity contribution in [3.63, 3.8) is 0 Å². The molecule has 0 spiro atoms. The van der Waals surface area contributed by atoms with Gasteiger partial charge in [-0.3, -0.25) is 9.48 Å². The predicted molar refractivity (Wildman–Crippen MR) is 98.0 cm³/mol. The molecule has 1 amide bonds. The summed E-state index contributed by atoms with van der Waals surface area (Å²) in [5, 5.41) is 6.71. The zero-order valence-corrected chi connectivity index (χ0v) is 15.9. The van der Waals surface area contributed by atoms with E-state index in [-0.39, 0.29) is 5.56 Å². The number of nitrogens with one attached hydrogen (secondary N) is 1. The Morgan fingerprint density at radius 2 is 1.85 bits per heavy atom. The lowest BCUT2D eigenvalue weighted by Gasteiger charge is -2.32. The third-order valence-electron chi connectivity index (χ3n) is 5.22. The number of carbonyl (C=O) groups excluding carboxylic acids is 1. The highest BCUT2D eigenvalue weighted by Crippen LogP contribution is 2.36. The maximum Gasteiger partial charge on any atom is 0.495 e. The van der Waals surface area contributed by atoms with Crippen LogP contribution in [0.3, 0.4) is 0 Å². The number of rotatable bonds is 3. The highest BCUT2D eigenvalue weighted by atomic mass is 19.1. The molecule has 0 saturated carbocycles. The fraction of sp³-hybridized carbons (Fsp3) is 0.444. The van der Waals surface area contributed by atoms with E-state index in [1.54, 1.807) is 32.3 Å². The van der Waals surface area contributed by atoms with Gasteiger partial charge in [0.05, 0.1) is 17.4 Å². The third kappa shape index (κ3) is 3.15. The fourth-order valence-corrected chi connectivity index (χ4v) is 2.73. The molecule has 138 valence electrons. The maximum atomic E-state index is 14.5. The summed E-state index contributed by atoms with van der Waals surface area (Å²) in [6, 6.07) is 4.50. The van der Waals surface area contributed by atoms with Crippen molar-refractivity contribution in [3.05, 3.63) is 41.3 Å². The number of halogens is 1. The Morgan fingerprint density at radius 3 is 2.38 bits per heavy atom. The molecule has 0 unspecified atom stereocenters. The molecule has 1 aliphatic heterocycles. The molecule has 0 bridgehead atoms. The van der Waals surface area contributed by atoms with Gasteiger partial charge in [-0.2, -0.15) is 5.10 Å². The zero-order chi connectivity index (χ0) is 19.3. The molecule has 0 aliphatic carbocycles. The molecular weight excluding hydrogens is 336 g/mol. The van der Waals surface area contributed by atoms with Gasteiger partial charge in [0.25, 0.3) is 5.91 Å². The molecule has 1 N–H and O–H groups in total. The smallest absolute Gasteiger partial charge is 0.399 e. The number of anilines is 1. The first kappa shape index (κ1) is 18.6. The fourth-order valence-electron chi connectivity index (χ4n) is 2.73. The molecule has 8 heteroatoms. The Hall–Kier alpha value is -2.19. The van der Waals surface area contributed by atoms with E-state index in [0.717, 1.165) is 0 Å². The topological polar surface area (TPSA) is 65.4 Å². The van der Waals surface area contributed by atoms with E-state index in [1.807, 2.05) is 27.7 Å². The molecule has 0 atom stereocenters. The molecular formula is C18H23BFN3O3. The lowest BCUT2D eigenvalue weighted by molar-refractivity contribution is 0.00578. The van der Waals surface area contributed by atoms with Crippen molar-refractivity contribution in [2.24, 2.45) is 7.05 Å². The van der Waals surface area contributed by atoms with E-state index in [9.17, 15) is 9.18 Å². The van der Waals surface area contributed by atoms with Gasteiger partial charge in [0.15, 0.2) is 0 Å². The minimum Gasteiger partial charge on any atom is -0.399 e.